The molecule has 8 heteroatoms. The monoisotopic (exact) mass is 416 g/mol. The standard InChI is InChI=1S/C18H13BrN2O5/c19-13-7-3-4-8-14(13)20-15(22)10-26-16(23)9-21-17(24)11-5-1-2-6-12(11)18(21)25/h1-8H,9-10H2,(H,20,22). The molecule has 0 saturated carbocycles. The number of fused-ring (bicyclic) bond motifs is 1. The second-order valence-electron chi connectivity index (χ2n) is 5.43. The summed E-state index contributed by atoms with van der Waals surface area (Å²) in [6.45, 7) is -1.07. The summed E-state index contributed by atoms with van der Waals surface area (Å²) < 4.78 is 5.55. The Morgan fingerprint density at radius 2 is 1.54 bits per heavy atom. The average Bonchev–Trinajstić information content (AvgIpc) is 2.87. The third-order valence-electron chi connectivity index (χ3n) is 3.68. The highest BCUT2D eigenvalue weighted by molar-refractivity contribution is 9.10. The van der Waals surface area contributed by atoms with Crippen LogP contribution in [0.2, 0.25) is 0 Å². The molecule has 1 N–H and O–H groups in total. The highest BCUT2D eigenvalue weighted by Gasteiger charge is 2.36. The molecule has 2 aromatic carbocycles. The molecular formula is C18H13BrN2O5. The summed E-state index contributed by atoms with van der Waals surface area (Å²) >= 11 is 3.29. The van der Waals surface area contributed by atoms with Crippen LogP contribution in [0.5, 0.6) is 0 Å². The smallest absolute Gasteiger partial charge is 0.326 e. The van der Waals surface area contributed by atoms with Crippen molar-refractivity contribution in [2.24, 2.45) is 0 Å². The molecule has 26 heavy (non-hydrogen) atoms. The Balaban J connectivity index is 1.54. The van der Waals surface area contributed by atoms with Crippen molar-refractivity contribution in [3.05, 3.63) is 64.1 Å². The van der Waals surface area contributed by atoms with E-state index in [-0.39, 0.29) is 11.1 Å². The number of anilines is 1. The van der Waals surface area contributed by atoms with Gasteiger partial charge < -0.3 is 10.1 Å². The van der Waals surface area contributed by atoms with Crippen LogP contribution >= 0.6 is 15.9 Å². The van der Waals surface area contributed by atoms with E-state index in [4.69, 9.17) is 4.74 Å². The minimum Gasteiger partial charge on any atom is -0.454 e. The lowest BCUT2D eigenvalue weighted by Gasteiger charge is -2.13. The molecular weight excluding hydrogens is 404 g/mol. The van der Waals surface area contributed by atoms with Gasteiger partial charge in [-0.3, -0.25) is 24.1 Å². The minimum atomic E-state index is -0.846. The number of ether oxygens (including phenoxy) is 1. The van der Waals surface area contributed by atoms with Crippen LogP contribution in [0, 0.1) is 0 Å². The number of amides is 3. The van der Waals surface area contributed by atoms with Gasteiger partial charge in [-0.15, -0.1) is 0 Å². The Morgan fingerprint density at radius 1 is 0.962 bits per heavy atom. The molecule has 3 rings (SSSR count). The van der Waals surface area contributed by atoms with Crippen LogP contribution in [0.15, 0.2) is 53.0 Å². The van der Waals surface area contributed by atoms with E-state index in [1.165, 1.54) is 12.1 Å². The molecule has 0 atom stereocenters. The number of nitrogens with zero attached hydrogens (tertiary/aromatic N) is 1. The van der Waals surface area contributed by atoms with E-state index in [2.05, 4.69) is 21.2 Å². The zero-order chi connectivity index (χ0) is 18.7. The molecule has 3 amide bonds. The summed E-state index contributed by atoms with van der Waals surface area (Å²) in [5.41, 5.74) is 1.03. The van der Waals surface area contributed by atoms with Crippen LogP contribution in [0.25, 0.3) is 0 Å². The Hall–Kier alpha value is -3.00. The summed E-state index contributed by atoms with van der Waals surface area (Å²) in [7, 11) is 0. The van der Waals surface area contributed by atoms with Crippen LogP contribution < -0.4 is 5.32 Å². The Labute approximate surface area is 157 Å². The van der Waals surface area contributed by atoms with Gasteiger partial charge in [0.25, 0.3) is 17.7 Å². The average molecular weight is 417 g/mol. The van der Waals surface area contributed by atoms with Crippen LogP contribution in [-0.2, 0) is 14.3 Å². The summed E-state index contributed by atoms with van der Waals surface area (Å²) in [6, 6.07) is 13.3. The normalized spacial score (nSPS) is 12.7. The summed E-state index contributed by atoms with van der Waals surface area (Å²) in [6.07, 6.45) is 0. The van der Waals surface area contributed by atoms with E-state index in [0.29, 0.717) is 10.2 Å². The van der Waals surface area contributed by atoms with Crippen LogP contribution in [-0.4, -0.2) is 41.7 Å². The SMILES string of the molecule is O=C(COC(=O)CN1C(=O)c2ccccc2C1=O)Nc1ccccc1Br. The van der Waals surface area contributed by atoms with Crippen molar-refractivity contribution in [2.75, 3.05) is 18.5 Å². The molecule has 0 radical (unpaired) electrons. The molecule has 0 aromatic heterocycles. The zero-order valence-corrected chi connectivity index (χ0v) is 15.0. The number of hydrogen-bond donors (Lipinski definition) is 1. The van der Waals surface area contributed by atoms with Gasteiger partial charge >= 0.3 is 5.97 Å². The predicted molar refractivity (Wildman–Crippen MR) is 95.5 cm³/mol. The summed E-state index contributed by atoms with van der Waals surface area (Å²) in [4.78, 5) is 48.9. The second-order valence-corrected chi connectivity index (χ2v) is 6.29. The van der Waals surface area contributed by atoms with Crippen molar-refractivity contribution < 1.29 is 23.9 Å². The van der Waals surface area contributed by atoms with E-state index >= 15 is 0 Å². The van der Waals surface area contributed by atoms with E-state index in [1.54, 1.807) is 36.4 Å². The number of halogens is 1. The number of esters is 1. The van der Waals surface area contributed by atoms with Crippen molar-refractivity contribution in [1.29, 1.82) is 0 Å². The number of imide groups is 1. The lowest BCUT2D eigenvalue weighted by atomic mass is 10.1. The van der Waals surface area contributed by atoms with Gasteiger partial charge in [0.1, 0.15) is 6.54 Å². The van der Waals surface area contributed by atoms with Crippen molar-refractivity contribution in [3.63, 3.8) is 0 Å². The minimum absolute atomic E-state index is 0.247. The fraction of sp³-hybridized carbons (Fsp3) is 0.111. The van der Waals surface area contributed by atoms with Gasteiger partial charge in [0.15, 0.2) is 6.61 Å². The first-order chi connectivity index (χ1) is 12.5. The molecule has 1 aliphatic rings. The second kappa shape index (κ2) is 7.49. The number of benzene rings is 2. The third kappa shape index (κ3) is 3.65. The predicted octanol–water partition coefficient (Wildman–Crippen LogP) is 2.23. The fourth-order valence-electron chi connectivity index (χ4n) is 2.45. The van der Waals surface area contributed by atoms with Crippen LogP contribution in [0.4, 0.5) is 5.69 Å². The van der Waals surface area contributed by atoms with E-state index in [0.717, 1.165) is 4.90 Å². The topological polar surface area (TPSA) is 92.8 Å². The molecule has 1 aliphatic heterocycles. The molecule has 1 heterocycles. The van der Waals surface area contributed by atoms with E-state index < -0.39 is 36.8 Å². The van der Waals surface area contributed by atoms with E-state index in [9.17, 15) is 19.2 Å². The number of rotatable bonds is 5. The first-order valence-electron chi connectivity index (χ1n) is 7.62. The number of para-hydroxylation sites is 1. The van der Waals surface area contributed by atoms with Gasteiger partial charge in [-0.05, 0) is 40.2 Å². The third-order valence-corrected chi connectivity index (χ3v) is 4.37. The maximum absolute atomic E-state index is 12.2. The molecule has 0 bridgehead atoms. The van der Waals surface area contributed by atoms with Crippen molar-refractivity contribution in [2.45, 2.75) is 0 Å². The van der Waals surface area contributed by atoms with Gasteiger partial charge in [0, 0.05) is 4.47 Å². The van der Waals surface area contributed by atoms with Crippen LogP contribution in [0.3, 0.4) is 0 Å². The Morgan fingerprint density at radius 3 is 2.15 bits per heavy atom. The molecule has 7 nitrogen and oxygen atoms in total. The van der Waals surface area contributed by atoms with Crippen molar-refractivity contribution >= 4 is 45.3 Å². The quantitative estimate of drug-likeness (QED) is 0.595. The van der Waals surface area contributed by atoms with Crippen molar-refractivity contribution in [3.8, 4) is 0 Å². The fourth-order valence-corrected chi connectivity index (χ4v) is 2.84. The van der Waals surface area contributed by atoms with Gasteiger partial charge in [0.2, 0.25) is 0 Å². The highest BCUT2D eigenvalue weighted by Crippen LogP contribution is 2.22. The van der Waals surface area contributed by atoms with Crippen LogP contribution in [0.1, 0.15) is 20.7 Å². The summed E-state index contributed by atoms with van der Waals surface area (Å²) in [5.74, 6) is -2.49. The maximum Gasteiger partial charge on any atom is 0.326 e. The number of hydrogen-bond acceptors (Lipinski definition) is 5. The summed E-state index contributed by atoms with van der Waals surface area (Å²) in [5, 5.41) is 2.58. The molecule has 0 spiro atoms. The lowest BCUT2D eigenvalue weighted by Crippen LogP contribution is -2.36. The number of carbonyl (C=O) groups is 4. The first-order valence-corrected chi connectivity index (χ1v) is 8.42. The number of carbonyl (C=O) groups excluding carboxylic acids is 4. The lowest BCUT2D eigenvalue weighted by molar-refractivity contribution is -0.147. The molecule has 0 fully saturated rings. The number of nitrogens with one attached hydrogen (secondary N) is 1. The maximum atomic E-state index is 12.2. The molecule has 0 unspecified atom stereocenters. The highest BCUT2D eigenvalue weighted by atomic mass is 79.9. The Kier molecular flexibility index (Phi) is 5.13. The molecule has 132 valence electrons. The molecule has 0 aliphatic carbocycles. The largest absolute Gasteiger partial charge is 0.454 e. The molecule has 2 aromatic rings. The first kappa shape index (κ1) is 17.8. The van der Waals surface area contributed by atoms with E-state index in [1.807, 2.05) is 0 Å². The van der Waals surface area contributed by atoms with Gasteiger partial charge in [-0.25, -0.2) is 0 Å². The van der Waals surface area contributed by atoms with Gasteiger partial charge in [-0.1, -0.05) is 24.3 Å². The van der Waals surface area contributed by atoms with Crippen molar-refractivity contribution in [1.82, 2.24) is 4.90 Å². The van der Waals surface area contributed by atoms with Gasteiger partial charge in [-0.2, -0.15) is 0 Å². The Bertz CT molecular complexity index is 877. The zero-order valence-electron chi connectivity index (χ0n) is 13.4. The molecule has 0 saturated heterocycles. The van der Waals surface area contributed by atoms with Gasteiger partial charge in [0.05, 0.1) is 16.8 Å².